The average Bonchev–Trinajstić information content (AvgIpc) is 3.21. The number of nitrogens with one attached hydrogen (secondary N) is 2. The largest absolute Gasteiger partial charge is 0.467 e. The molecule has 7 nitrogen and oxygen atoms in total. The summed E-state index contributed by atoms with van der Waals surface area (Å²) in [7, 11) is 0. The number of rotatable bonds is 4. The van der Waals surface area contributed by atoms with Crippen LogP contribution in [0.4, 0.5) is 0 Å². The van der Waals surface area contributed by atoms with Crippen LogP contribution in [0.25, 0.3) is 0 Å². The Morgan fingerprint density at radius 1 is 1.17 bits per heavy atom. The number of carbonyl (C=O) groups excluding carboxylic acids is 2. The predicted octanol–water partition coefficient (Wildman–Crippen LogP) is 1.09. The topological polar surface area (TPSA) is 89.8 Å². The van der Waals surface area contributed by atoms with Crippen molar-refractivity contribution in [3.63, 3.8) is 0 Å². The minimum absolute atomic E-state index is 0.186. The summed E-state index contributed by atoms with van der Waals surface area (Å²) in [6, 6.07) is 3.45. The zero-order valence-corrected chi connectivity index (χ0v) is 13.0. The van der Waals surface area contributed by atoms with E-state index in [1.807, 2.05) is 0 Å². The van der Waals surface area contributed by atoms with Crippen LogP contribution in [-0.4, -0.2) is 36.9 Å². The lowest BCUT2D eigenvalue weighted by molar-refractivity contribution is -0.186. The molecule has 2 amide bonds. The Morgan fingerprint density at radius 3 is 2.70 bits per heavy atom. The standard InChI is InChI=1S/C16H22N2O5/c19-14(17-9-12-5-4-8-21-12)15(20)18-10-13-11-22-16(23-13)6-2-1-3-7-16/h4-5,8,13H,1-3,6-7,9-11H2,(H,17,19)(H,18,20). The molecule has 1 spiro atoms. The van der Waals surface area contributed by atoms with Gasteiger partial charge in [-0.2, -0.15) is 0 Å². The van der Waals surface area contributed by atoms with Crippen LogP contribution < -0.4 is 10.6 Å². The molecule has 1 saturated carbocycles. The van der Waals surface area contributed by atoms with Crippen LogP contribution in [0.15, 0.2) is 22.8 Å². The van der Waals surface area contributed by atoms with Gasteiger partial charge in [0.05, 0.1) is 19.4 Å². The second-order valence-corrected chi connectivity index (χ2v) is 5.99. The monoisotopic (exact) mass is 322 g/mol. The maximum Gasteiger partial charge on any atom is 0.309 e. The SMILES string of the molecule is O=C(NCc1ccco1)C(=O)NCC1COC2(CCCCC2)O1. The summed E-state index contributed by atoms with van der Waals surface area (Å²) in [6.07, 6.45) is 6.55. The molecule has 0 bridgehead atoms. The third-order valence-corrected chi connectivity index (χ3v) is 4.23. The molecule has 0 aromatic carbocycles. The van der Waals surface area contributed by atoms with Crippen LogP contribution in [0.1, 0.15) is 37.9 Å². The van der Waals surface area contributed by atoms with Crippen molar-refractivity contribution < 1.29 is 23.5 Å². The van der Waals surface area contributed by atoms with E-state index in [0.29, 0.717) is 12.4 Å². The first-order valence-electron chi connectivity index (χ1n) is 8.07. The maximum absolute atomic E-state index is 11.8. The van der Waals surface area contributed by atoms with Crippen LogP contribution in [0, 0.1) is 0 Å². The zero-order chi connectivity index (χ0) is 16.1. The van der Waals surface area contributed by atoms with Crippen molar-refractivity contribution in [3.8, 4) is 0 Å². The van der Waals surface area contributed by atoms with E-state index in [0.717, 1.165) is 25.7 Å². The number of hydrogen-bond acceptors (Lipinski definition) is 5. The maximum atomic E-state index is 11.8. The minimum Gasteiger partial charge on any atom is -0.467 e. The van der Waals surface area contributed by atoms with Gasteiger partial charge in [-0.3, -0.25) is 9.59 Å². The Labute approximate surface area is 134 Å². The molecule has 126 valence electrons. The molecule has 1 atom stereocenters. The van der Waals surface area contributed by atoms with Crippen molar-refractivity contribution in [3.05, 3.63) is 24.2 Å². The molecule has 2 fully saturated rings. The summed E-state index contributed by atoms with van der Waals surface area (Å²) in [5.74, 6) is -1.23. The van der Waals surface area contributed by atoms with E-state index < -0.39 is 17.6 Å². The lowest BCUT2D eigenvalue weighted by atomic mass is 9.94. The van der Waals surface area contributed by atoms with Gasteiger partial charge in [-0.25, -0.2) is 0 Å². The van der Waals surface area contributed by atoms with Crippen LogP contribution in [0.2, 0.25) is 0 Å². The highest BCUT2D eigenvalue weighted by Crippen LogP contribution is 2.37. The van der Waals surface area contributed by atoms with Gasteiger partial charge in [0.1, 0.15) is 11.9 Å². The minimum atomic E-state index is -0.687. The molecule has 7 heteroatoms. The van der Waals surface area contributed by atoms with Gasteiger partial charge in [-0.1, -0.05) is 6.42 Å². The highest BCUT2D eigenvalue weighted by Gasteiger charge is 2.42. The molecule has 1 aliphatic heterocycles. The molecular weight excluding hydrogens is 300 g/mol. The van der Waals surface area contributed by atoms with Crippen molar-refractivity contribution in [2.75, 3.05) is 13.2 Å². The van der Waals surface area contributed by atoms with Gasteiger partial charge in [0.2, 0.25) is 0 Å². The molecule has 1 saturated heterocycles. The smallest absolute Gasteiger partial charge is 0.309 e. The summed E-state index contributed by atoms with van der Waals surface area (Å²) in [5, 5.41) is 5.09. The average molecular weight is 322 g/mol. The molecule has 3 rings (SSSR count). The summed E-state index contributed by atoms with van der Waals surface area (Å²) >= 11 is 0. The molecule has 1 unspecified atom stereocenters. The number of hydrogen-bond donors (Lipinski definition) is 2. The third kappa shape index (κ3) is 4.11. The molecule has 1 aromatic rings. The molecular formula is C16H22N2O5. The van der Waals surface area contributed by atoms with Crippen LogP contribution in [0.3, 0.4) is 0 Å². The predicted molar refractivity (Wildman–Crippen MR) is 80.2 cm³/mol. The Balaban J connectivity index is 1.38. The van der Waals surface area contributed by atoms with Crippen LogP contribution in [-0.2, 0) is 25.6 Å². The number of carbonyl (C=O) groups is 2. The Kier molecular flexibility index (Phi) is 4.97. The molecule has 2 aliphatic rings. The Bertz CT molecular complexity index is 537. The fraction of sp³-hybridized carbons (Fsp3) is 0.625. The van der Waals surface area contributed by atoms with Gasteiger partial charge in [0.25, 0.3) is 0 Å². The van der Waals surface area contributed by atoms with E-state index in [1.54, 1.807) is 12.1 Å². The highest BCUT2D eigenvalue weighted by molar-refractivity contribution is 6.35. The summed E-state index contributed by atoms with van der Waals surface area (Å²) in [4.78, 5) is 23.5. The van der Waals surface area contributed by atoms with E-state index in [1.165, 1.54) is 12.7 Å². The van der Waals surface area contributed by atoms with Crippen LogP contribution >= 0.6 is 0 Å². The zero-order valence-electron chi connectivity index (χ0n) is 13.0. The molecule has 23 heavy (non-hydrogen) atoms. The second-order valence-electron chi connectivity index (χ2n) is 5.99. The lowest BCUT2D eigenvalue weighted by Gasteiger charge is -2.31. The molecule has 1 aromatic heterocycles. The number of ether oxygens (including phenoxy) is 2. The van der Waals surface area contributed by atoms with E-state index in [-0.39, 0.29) is 19.2 Å². The van der Waals surface area contributed by atoms with Gasteiger partial charge >= 0.3 is 11.8 Å². The molecule has 2 heterocycles. The summed E-state index contributed by atoms with van der Waals surface area (Å²) < 4.78 is 16.8. The van der Waals surface area contributed by atoms with Crippen molar-refractivity contribution >= 4 is 11.8 Å². The van der Waals surface area contributed by atoms with Gasteiger partial charge in [0.15, 0.2) is 5.79 Å². The molecule has 1 aliphatic carbocycles. The number of amides is 2. The van der Waals surface area contributed by atoms with Gasteiger partial charge < -0.3 is 24.5 Å². The fourth-order valence-corrected chi connectivity index (χ4v) is 3.02. The summed E-state index contributed by atoms with van der Waals surface area (Å²) in [6.45, 7) is 0.911. The van der Waals surface area contributed by atoms with Gasteiger partial charge in [-0.15, -0.1) is 0 Å². The normalized spacial score (nSPS) is 22.9. The van der Waals surface area contributed by atoms with Crippen LogP contribution in [0.5, 0.6) is 0 Å². The third-order valence-electron chi connectivity index (χ3n) is 4.23. The van der Waals surface area contributed by atoms with Crippen molar-refractivity contribution in [1.29, 1.82) is 0 Å². The first-order valence-corrected chi connectivity index (χ1v) is 8.07. The molecule has 2 N–H and O–H groups in total. The van der Waals surface area contributed by atoms with E-state index in [2.05, 4.69) is 10.6 Å². The van der Waals surface area contributed by atoms with Crippen molar-refractivity contribution in [2.45, 2.75) is 50.5 Å². The Hall–Kier alpha value is -1.86. The quantitative estimate of drug-likeness (QED) is 0.810. The van der Waals surface area contributed by atoms with E-state index in [4.69, 9.17) is 13.9 Å². The number of furan rings is 1. The fourth-order valence-electron chi connectivity index (χ4n) is 3.02. The molecule has 0 radical (unpaired) electrons. The van der Waals surface area contributed by atoms with Gasteiger partial charge in [-0.05, 0) is 25.0 Å². The lowest BCUT2D eigenvalue weighted by Crippen LogP contribution is -2.43. The first kappa shape index (κ1) is 16.0. The van der Waals surface area contributed by atoms with Crippen molar-refractivity contribution in [1.82, 2.24) is 10.6 Å². The Morgan fingerprint density at radius 2 is 1.96 bits per heavy atom. The second kappa shape index (κ2) is 7.14. The highest BCUT2D eigenvalue weighted by atomic mass is 16.7. The first-order chi connectivity index (χ1) is 11.2. The van der Waals surface area contributed by atoms with E-state index >= 15 is 0 Å². The van der Waals surface area contributed by atoms with Gasteiger partial charge in [0, 0.05) is 19.4 Å². The van der Waals surface area contributed by atoms with Crippen molar-refractivity contribution in [2.24, 2.45) is 0 Å². The summed E-state index contributed by atoms with van der Waals surface area (Å²) in [5.41, 5.74) is 0. The van der Waals surface area contributed by atoms with E-state index in [9.17, 15) is 9.59 Å².